The molecular weight excluding hydrogens is 685 g/mol. The highest BCUT2D eigenvalue weighted by atomic mass is 14.9. The molecule has 0 aliphatic heterocycles. The van der Waals surface area contributed by atoms with Gasteiger partial charge in [0.25, 0.3) is 0 Å². The van der Waals surface area contributed by atoms with Gasteiger partial charge in [-0.3, -0.25) is 9.97 Å². The van der Waals surface area contributed by atoms with E-state index in [1.165, 1.54) is 27.8 Å². The van der Waals surface area contributed by atoms with Crippen LogP contribution in [0.25, 0.3) is 89.4 Å². The Balaban J connectivity index is 1.08. The van der Waals surface area contributed by atoms with Crippen molar-refractivity contribution in [3.05, 3.63) is 168 Å². The Kier molecular flexibility index (Phi) is 6.84. The van der Waals surface area contributed by atoms with Gasteiger partial charge in [-0.25, -0.2) is 19.9 Å². The number of hydrogen-bond acceptors (Lipinski definition) is 6. The van der Waals surface area contributed by atoms with Crippen LogP contribution in [-0.2, 0) is 10.8 Å². The zero-order valence-corrected chi connectivity index (χ0v) is 31.5. The number of hydrogen-bond donors (Lipinski definition) is 0. The highest BCUT2D eigenvalue weighted by Gasteiger charge is 2.43. The molecular formula is C50H36N6. The van der Waals surface area contributed by atoms with Gasteiger partial charge in [0, 0.05) is 51.0 Å². The molecule has 56 heavy (non-hydrogen) atoms. The zero-order valence-electron chi connectivity index (χ0n) is 31.5. The van der Waals surface area contributed by atoms with Crippen LogP contribution >= 0.6 is 0 Å². The summed E-state index contributed by atoms with van der Waals surface area (Å²) in [5.74, 6) is 0.597. The molecule has 0 N–H and O–H groups in total. The van der Waals surface area contributed by atoms with E-state index in [0.29, 0.717) is 5.82 Å². The third kappa shape index (κ3) is 4.75. The average Bonchev–Trinajstić information content (AvgIpc) is 3.61. The van der Waals surface area contributed by atoms with Crippen molar-refractivity contribution in [2.24, 2.45) is 0 Å². The summed E-state index contributed by atoms with van der Waals surface area (Å²) in [6.07, 6.45) is 5.47. The lowest BCUT2D eigenvalue weighted by molar-refractivity contribution is 0.651. The topological polar surface area (TPSA) is 77.3 Å². The van der Waals surface area contributed by atoms with Crippen molar-refractivity contribution in [3.8, 4) is 67.8 Å². The Bertz CT molecular complexity index is 3100. The van der Waals surface area contributed by atoms with Gasteiger partial charge in [0.1, 0.15) is 6.33 Å². The second-order valence-electron chi connectivity index (χ2n) is 16.0. The van der Waals surface area contributed by atoms with Crippen LogP contribution in [0.1, 0.15) is 49.9 Å². The molecule has 4 aromatic heterocycles. The summed E-state index contributed by atoms with van der Waals surface area (Å²) in [5.41, 5.74) is 15.1. The molecule has 0 bridgehead atoms. The summed E-state index contributed by atoms with van der Waals surface area (Å²) in [6, 6.07) is 44.8. The summed E-state index contributed by atoms with van der Waals surface area (Å²) in [5, 5.41) is 4.58. The second-order valence-corrected chi connectivity index (χ2v) is 16.0. The van der Waals surface area contributed by atoms with E-state index in [4.69, 9.17) is 29.9 Å². The summed E-state index contributed by atoms with van der Waals surface area (Å²) in [7, 11) is 0. The van der Waals surface area contributed by atoms with Crippen LogP contribution in [0.15, 0.2) is 146 Å². The predicted octanol–water partition coefficient (Wildman–Crippen LogP) is 11.6. The van der Waals surface area contributed by atoms with E-state index in [1.54, 1.807) is 6.33 Å². The van der Waals surface area contributed by atoms with Gasteiger partial charge in [0.15, 0.2) is 5.82 Å². The van der Waals surface area contributed by atoms with E-state index in [-0.39, 0.29) is 10.8 Å². The first-order valence-electron chi connectivity index (χ1n) is 19.1. The number of nitrogens with zero attached hydrogens (tertiary/aromatic N) is 6. The average molecular weight is 721 g/mol. The summed E-state index contributed by atoms with van der Waals surface area (Å²) in [6.45, 7) is 9.18. The SMILES string of the molecule is CC1(C)c2cc3c(cc2-c2ncccc21)C(C)(C)c1cc(-c2nc(-c4cc(-c5cccc6ccccc56)ncn4)cc(-c4cccc5ccccc45)n2)cnc1-3. The molecule has 266 valence electrons. The Morgan fingerprint density at radius 2 is 0.982 bits per heavy atom. The summed E-state index contributed by atoms with van der Waals surface area (Å²) in [4.78, 5) is 30.1. The fourth-order valence-corrected chi connectivity index (χ4v) is 9.11. The molecule has 9 aromatic rings. The third-order valence-corrected chi connectivity index (χ3v) is 12.1. The number of rotatable bonds is 4. The molecule has 2 aliphatic rings. The highest BCUT2D eigenvalue weighted by molar-refractivity contribution is 5.98. The summed E-state index contributed by atoms with van der Waals surface area (Å²) < 4.78 is 0. The third-order valence-electron chi connectivity index (χ3n) is 12.1. The molecule has 0 unspecified atom stereocenters. The Hall–Kier alpha value is -6.92. The first-order chi connectivity index (χ1) is 27.3. The molecule has 2 aliphatic carbocycles. The quantitative estimate of drug-likeness (QED) is 0.180. The molecule has 11 rings (SSSR count). The minimum absolute atomic E-state index is 0.151. The molecule has 0 saturated heterocycles. The Morgan fingerprint density at radius 1 is 0.411 bits per heavy atom. The largest absolute Gasteiger partial charge is 0.256 e. The van der Waals surface area contributed by atoms with E-state index < -0.39 is 0 Å². The monoisotopic (exact) mass is 720 g/mol. The fraction of sp³-hybridized carbons (Fsp3) is 0.120. The molecule has 0 spiro atoms. The first-order valence-corrected chi connectivity index (χ1v) is 19.1. The van der Waals surface area contributed by atoms with Gasteiger partial charge in [0.2, 0.25) is 0 Å². The van der Waals surface area contributed by atoms with E-state index in [9.17, 15) is 0 Å². The van der Waals surface area contributed by atoms with E-state index in [1.807, 2.05) is 24.5 Å². The smallest absolute Gasteiger partial charge is 0.162 e. The minimum atomic E-state index is -0.305. The molecule has 0 atom stereocenters. The molecule has 4 heterocycles. The molecule has 0 saturated carbocycles. The molecule has 0 fully saturated rings. The maximum atomic E-state index is 5.29. The van der Waals surface area contributed by atoms with Gasteiger partial charge in [-0.2, -0.15) is 0 Å². The summed E-state index contributed by atoms with van der Waals surface area (Å²) >= 11 is 0. The van der Waals surface area contributed by atoms with Crippen molar-refractivity contribution >= 4 is 21.5 Å². The molecule has 0 amide bonds. The molecule has 5 aromatic carbocycles. The van der Waals surface area contributed by atoms with Crippen molar-refractivity contribution in [2.45, 2.75) is 38.5 Å². The first kappa shape index (κ1) is 32.5. The lowest BCUT2D eigenvalue weighted by Gasteiger charge is -2.24. The molecule has 6 nitrogen and oxygen atoms in total. The standard InChI is InChI=1S/C50H36N6/c1-49(2)38-20-11-21-51-46(38)36-23-40-37(24-39(36)49)47-41(50(40,3)4)22-31(27-52-47)48-55-43(35-19-10-15-30-13-6-8-17-33(30)35)26-45(56-48)44-25-42(53-28-54-44)34-18-9-14-29-12-5-7-16-32(29)34/h5-28H,1-4H3. The molecule has 0 radical (unpaired) electrons. The van der Waals surface area contributed by atoms with Gasteiger partial charge in [-0.05, 0) is 80.2 Å². The Labute approximate surface area is 325 Å². The van der Waals surface area contributed by atoms with E-state index in [0.717, 1.165) is 78.0 Å². The van der Waals surface area contributed by atoms with Gasteiger partial charge < -0.3 is 0 Å². The molecule has 6 heteroatoms. The van der Waals surface area contributed by atoms with Crippen LogP contribution in [0.3, 0.4) is 0 Å². The number of aromatic nitrogens is 6. The number of benzene rings is 5. The van der Waals surface area contributed by atoms with E-state index in [2.05, 4.69) is 143 Å². The maximum Gasteiger partial charge on any atom is 0.162 e. The predicted molar refractivity (Wildman–Crippen MR) is 225 cm³/mol. The lowest BCUT2D eigenvalue weighted by atomic mass is 9.79. The van der Waals surface area contributed by atoms with Crippen LogP contribution in [0.5, 0.6) is 0 Å². The normalized spacial score (nSPS) is 14.4. The minimum Gasteiger partial charge on any atom is -0.256 e. The van der Waals surface area contributed by atoms with Crippen LogP contribution in [0, 0.1) is 0 Å². The van der Waals surface area contributed by atoms with Crippen LogP contribution in [0.4, 0.5) is 0 Å². The van der Waals surface area contributed by atoms with Gasteiger partial charge in [0.05, 0.1) is 34.2 Å². The van der Waals surface area contributed by atoms with Crippen molar-refractivity contribution in [3.63, 3.8) is 0 Å². The highest BCUT2D eigenvalue weighted by Crippen LogP contribution is 2.55. The maximum absolute atomic E-state index is 5.29. The fourth-order valence-electron chi connectivity index (χ4n) is 9.11. The number of fused-ring (bicyclic) bond motifs is 8. The van der Waals surface area contributed by atoms with Crippen LogP contribution in [0.2, 0.25) is 0 Å². The van der Waals surface area contributed by atoms with Crippen LogP contribution < -0.4 is 0 Å². The van der Waals surface area contributed by atoms with E-state index >= 15 is 0 Å². The van der Waals surface area contributed by atoms with Crippen molar-refractivity contribution in [1.29, 1.82) is 0 Å². The van der Waals surface area contributed by atoms with Crippen molar-refractivity contribution in [1.82, 2.24) is 29.9 Å². The van der Waals surface area contributed by atoms with Crippen molar-refractivity contribution in [2.75, 3.05) is 0 Å². The van der Waals surface area contributed by atoms with Gasteiger partial charge in [-0.1, -0.05) is 119 Å². The van der Waals surface area contributed by atoms with Crippen molar-refractivity contribution < 1.29 is 0 Å². The second kappa shape index (κ2) is 11.8. The Morgan fingerprint density at radius 3 is 1.70 bits per heavy atom. The lowest BCUT2D eigenvalue weighted by Crippen LogP contribution is -2.17. The zero-order chi connectivity index (χ0) is 37.8. The number of pyridine rings is 2. The van der Waals surface area contributed by atoms with Gasteiger partial charge >= 0.3 is 0 Å². The van der Waals surface area contributed by atoms with Gasteiger partial charge in [-0.15, -0.1) is 0 Å². The van der Waals surface area contributed by atoms with Crippen LogP contribution in [-0.4, -0.2) is 29.9 Å².